The Morgan fingerprint density at radius 2 is 1.59 bits per heavy atom. The van der Waals surface area contributed by atoms with Gasteiger partial charge in [0, 0.05) is 66.2 Å². The van der Waals surface area contributed by atoms with Gasteiger partial charge in [-0.05, 0) is 30.3 Å². The number of amides is 1. The van der Waals surface area contributed by atoms with E-state index in [4.69, 9.17) is 34.8 Å². The number of nitrogens with zero attached hydrogens (tertiary/aromatic N) is 3. The fraction of sp³-hybridized carbons (Fsp3) is 0.346. The molecule has 0 spiro atoms. The Kier molecular flexibility index (Phi) is 9.22. The minimum absolute atomic E-state index is 0.00498. The van der Waals surface area contributed by atoms with Crippen molar-refractivity contribution in [1.29, 1.82) is 0 Å². The van der Waals surface area contributed by atoms with Crippen LogP contribution in [0.5, 0.6) is 0 Å². The summed E-state index contributed by atoms with van der Waals surface area (Å²) >= 11 is 20.7. The number of piperazine rings is 1. The second-order valence-electron chi connectivity index (χ2n) is 8.67. The molecule has 3 aromatic rings. The monoisotopic (exact) mass is 599 g/mol. The van der Waals surface area contributed by atoms with Crippen LogP contribution in [0, 0.1) is 0 Å². The van der Waals surface area contributed by atoms with Gasteiger partial charge >= 0.3 is 0 Å². The average Bonchev–Trinajstić information content (AvgIpc) is 3.33. The van der Waals surface area contributed by atoms with Crippen LogP contribution in [-0.2, 0) is 16.6 Å². The first-order valence-corrected chi connectivity index (χ1v) is 15.4. The molecule has 37 heavy (non-hydrogen) atoms. The lowest BCUT2D eigenvalue weighted by atomic mass is 10.1. The quantitative estimate of drug-likeness (QED) is 0.302. The summed E-state index contributed by atoms with van der Waals surface area (Å²) < 4.78 is 27.4. The molecular formula is C26H28Cl3N3O3S2. The van der Waals surface area contributed by atoms with Gasteiger partial charge in [-0.1, -0.05) is 66.8 Å². The van der Waals surface area contributed by atoms with E-state index in [9.17, 15) is 13.2 Å². The predicted molar refractivity (Wildman–Crippen MR) is 153 cm³/mol. The molecular weight excluding hydrogens is 573 g/mol. The smallest absolute Gasteiger partial charge is 0.255 e. The predicted octanol–water partition coefficient (Wildman–Crippen LogP) is 6.36. The van der Waals surface area contributed by atoms with Crippen LogP contribution in [0.4, 0.5) is 0 Å². The number of carbonyl (C=O) groups is 1. The summed E-state index contributed by atoms with van der Waals surface area (Å²) in [7, 11) is -3.84. The lowest BCUT2D eigenvalue weighted by molar-refractivity contribution is 0.0629. The molecule has 0 unspecified atom stereocenters. The molecule has 0 radical (unpaired) electrons. The highest BCUT2D eigenvalue weighted by molar-refractivity contribution is 7.89. The highest BCUT2D eigenvalue weighted by atomic mass is 35.5. The van der Waals surface area contributed by atoms with Gasteiger partial charge in [-0.3, -0.25) is 9.69 Å². The lowest BCUT2D eigenvalue weighted by Crippen LogP contribution is -2.48. The van der Waals surface area contributed by atoms with Crippen LogP contribution in [0.3, 0.4) is 0 Å². The number of benzene rings is 2. The van der Waals surface area contributed by atoms with Gasteiger partial charge in [0.2, 0.25) is 10.0 Å². The molecule has 0 N–H and O–H groups in total. The van der Waals surface area contributed by atoms with Crippen molar-refractivity contribution >= 4 is 62.1 Å². The fourth-order valence-corrected chi connectivity index (χ4v) is 8.03. The van der Waals surface area contributed by atoms with Gasteiger partial charge in [-0.25, -0.2) is 8.42 Å². The molecule has 1 saturated heterocycles. The van der Waals surface area contributed by atoms with Gasteiger partial charge < -0.3 is 4.90 Å². The summed E-state index contributed by atoms with van der Waals surface area (Å²) in [5.41, 5.74) is 1.17. The summed E-state index contributed by atoms with van der Waals surface area (Å²) in [5, 5.41) is 0.879. The summed E-state index contributed by atoms with van der Waals surface area (Å²) in [6.45, 7) is 7.30. The van der Waals surface area contributed by atoms with Gasteiger partial charge in [0.15, 0.2) is 0 Å². The molecule has 2 heterocycles. The average molecular weight is 601 g/mol. The first kappa shape index (κ1) is 28.4. The Morgan fingerprint density at radius 1 is 0.919 bits per heavy atom. The third kappa shape index (κ3) is 6.17. The Hall–Kier alpha value is -1.65. The molecule has 1 aliphatic rings. The SMILES string of the molecule is CCN(CC)S(=O)(=O)c1cc(C(=O)N2CCN(Cc3ccc(-c4ccccc4Cl)s3)CC2)c(Cl)cc1Cl. The standard InChI is InChI=1S/C26H28Cl3N3O3S2/c1-3-32(4-2)37(34,35)25-15-20(22(28)16-23(25)29)26(33)31-13-11-30(12-14-31)17-18-9-10-24(36-18)19-7-5-6-8-21(19)27/h5-10,15-16H,3-4,11-14,17H2,1-2H3. The van der Waals surface area contributed by atoms with Crippen LogP contribution in [0.25, 0.3) is 10.4 Å². The van der Waals surface area contributed by atoms with Crippen molar-refractivity contribution in [3.8, 4) is 10.4 Å². The van der Waals surface area contributed by atoms with Crippen LogP contribution in [0.15, 0.2) is 53.4 Å². The molecule has 4 rings (SSSR count). The molecule has 0 aliphatic carbocycles. The summed E-state index contributed by atoms with van der Waals surface area (Å²) in [4.78, 5) is 19.6. The molecule has 6 nitrogen and oxygen atoms in total. The number of carbonyl (C=O) groups excluding carboxylic acids is 1. The molecule has 1 aliphatic heterocycles. The minimum Gasteiger partial charge on any atom is -0.336 e. The number of halogens is 3. The topological polar surface area (TPSA) is 60.9 Å². The van der Waals surface area contributed by atoms with Crippen molar-refractivity contribution in [3.63, 3.8) is 0 Å². The number of rotatable bonds is 8. The lowest BCUT2D eigenvalue weighted by Gasteiger charge is -2.34. The third-order valence-electron chi connectivity index (χ3n) is 6.42. The van der Waals surface area contributed by atoms with Crippen LogP contribution in [0.1, 0.15) is 29.1 Å². The zero-order valence-corrected chi connectivity index (χ0v) is 24.5. The molecule has 11 heteroatoms. The van der Waals surface area contributed by atoms with Gasteiger partial charge in [-0.2, -0.15) is 4.31 Å². The van der Waals surface area contributed by atoms with E-state index in [1.54, 1.807) is 30.1 Å². The molecule has 1 aromatic heterocycles. The van der Waals surface area contributed by atoms with E-state index in [0.29, 0.717) is 39.3 Å². The Bertz CT molecular complexity index is 1380. The molecule has 1 fully saturated rings. The number of hydrogen-bond donors (Lipinski definition) is 0. The van der Waals surface area contributed by atoms with E-state index in [2.05, 4.69) is 17.0 Å². The van der Waals surface area contributed by atoms with E-state index in [1.165, 1.54) is 21.3 Å². The summed E-state index contributed by atoms with van der Waals surface area (Å²) in [6.07, 6.45) is 0. The minimum atomic E-state index is -3.84. The largest absolute Gasteiger partial charge is 0.336 e. The van der Waals surface area contributed by atoms with Gasteiger partial charge in [0.1, 0.15) is 4.90 Å². The highest BCUT2D eigenvalue weighted by Crippen LogP contribution is 2.34. The maximum absolute atomic E-state index is 13.3. The first-order valence-electron chi connectivity index (χ1n) is 12.0. The molecule has 0 atom stereocenters. The van der Waals surface area contributed by atoms with Crippen LogP contribution < -0.4 is 0 Å². The molecule has 0 saturated carbocycles. The Morgan fingerprint density at radius 3 is 2.24 bits per heavy atom. The second kappa shape index (κ2) is 12.0. The number of thiophene rings is 1. The van der Waals surface area contributed by atoms with Gasteiger partial charge in [0.05, 0.1) is 15.6 Å². The normalized spacial score (nSPS) is 14.9. The maximum atomic E-state index is 13.3. The molecule has 2 aromatic carbocycles. The highest BCUT2D eigenvalue weighted by Gasteiger charge is 2.29. The van der Waals surface area contributed by atoms with E-state index in [1.807, 2.05) is 24.3 Å². The van der Waals surface area contributed by atoms with Crippen molar-refractivity contribution in [2.24, 2.45) is 0 Å². The van der Waals surface area contributed by atoms with Crippen molar-refractivity contribution < 1.29 is 13.2 Å². The van der Waals surface area contributed by atoms with Gasteiger partial charge in [-0.15, -0.1) is 11.3 Å². The summed E-state index contributed by atoms with van der Waals surface area (Å²) in [6, 6.07) is 14.7. The van der Waals surface area contributed by atoms with E-state index in [0.717, 1.165) is 22.0 Å². The number of sulfonamides is 1. The van der Waals surface area contributed by atoms with Crippen molar-refractivity contribution in [2.45, 2.75) is 25.3 Å². The van der Waals surface area contributed by atoms with Crippen molar-refractivity contribution in [2.75, 3.05) is 39.3 Å². The molecule has 0 bridgehead atoms. The molecule has 198 valence electrons. The second-order valence-corrected chi connectivity index (χ2v) is 13.0. The van der Waals surface area contributed by atoms with Gasteiger partial charge in [0.25, 0.3) is 5.91 Å². The van der Waals surface area contributed by atoms with E-state index < -0.39 is 10.0 Å². The Labute approximate surface area is 237 Å². The van der Waals surface area contributed by atoms with Crippen LogP contribution in [0.2, 0.25) is 15.1 Å². The van der Waals surface area contributed by atoms with E-state index in [-0.39, 0.29) is 26.4 Å². The summed E-state index contributed by atoms with van der Waals surface area (Å²) in [5.74, 6) is -0.297. The van der Waals surface area contributed by atoms with Crippen LogP contribution >= 0.6 is 46.1 Å². The Balaban J connectivity index is 1.43. The maximum Gasteiger partial charge on any atom is 0.255 e. The zero-order chi connectivity index (χ0) is 26.7. The van der Waals surface area contributed by atoms with Crippen LogP contribution in [-0.4, -0.2) is 67.7 Å². The fourth-order valence-electron chi connectivity index (χ4n) is 4.36. The van der Waals surface area contributed by atoms with Crippen molar-refractivity contribution in [1.82, 2.24) is 14.1 Å². The van der Waals surface area contributed by atoms with E-state index >= 15 is 0 Å². The first-order chi connectivity index (χ1) is 17.6. The zero-order valence-electron chi connectivity index (χ0n) is 20.6. The third-order valence-corrected chi connectivity index (χ3v) is 10.7. The van der Waals surface area contributed by atoms with Crippen molar-refractivity contribution in [3.05, 3.63) is 74.0 Å². The number of hydrogen-bond acceptors (Lipinski definition) is 5. The molecule has 1 amide bonds.